The Morgan fingerprint density at radius 3 is 2.77 bits per heavy atom. The van der Waals surface area contributed by atoms with Gasteiger partial charge in [0.15, 0.2) is 17.3 Å². The Morgan fingerprint density at radius 2 is 2.23 bits per heavy atom. The van der Waals surface area contributed by atoms with Crippen LogP contribution in [-0.4, -0.2) is 12.2 Å². The first kappa shape index (κ1) is 9.76. The van der Waals surface area contributed by atoms with Crippen LogP contribution in [0.3, 0.4) is 0 Å². The molecule has 0 saturated heterocycles. The molecule has 0 unspecified atom stereocenters. The summed E-state index contributed by atoms with van der Waals surface area (Å²) < 4.78 is 17.6. The Labute approximate surface area is 74.6 Å². The first-order valence-electron chi connectivity index (χ1n) is 3.56. The van der Waals surface area contributed by atoms with Crippen molar-refractivity contribution in [3.8, 4) is 11.5 Å². The molecule has 0 spiro atoms. The molecule has 1 rings (SSSR count). The van der Waals surface area contributed by atoms with Gasteiger partial charge in [0, 0.05) is 5.56 Å². The minimum atomic E-state index is -0.624. The summed E-state index contributed by atoms with van der Waals surface area (Å²) in [5.41, 5.74) is 0.376. The van der Waals surface area contributed by atoms with Gasteiger partial charge in [-0.3, -0.25) is 4.84 Å². The maximum atomic E-state index is 12.9. The van der Waals surface area contributed by atoms with Gasteiger partial charge in [0.1, 0.15) is 0 Å². The Morgan fingerprint density at radius 1 is 1.54 bits per heavy atom. The summed E-state index contributed by atoms with van der Waals surface area (Å²) in [4.78, 5) is 4.31. The van der Waals surface area contributed by atoms with E-state index in [-0.39, 0.29) is 18.1 Å². The van der Waals surface area contributed by atoms with Crippen LogP contribution in [-0.2, 0) is 11.4 Å². The average molecular weight is 187 g/mol. The van der Waals surface area contributed by atoms with Gasteiger partial charge in [-0.1, -0.05) is 0 Å². The number of nitrogens with two attached hydrogens (primary N) is 1. The van der Waals surface area contributed by atoms with Crippen molar-refractivity contribution < 1.29 is 19.1 Å². The van der Waals surface area contributed by atoms with Gasteiger partial charge in [-0.15, -0.1) is 0 Å². The molecule has 5 heteroatoms. The van der Waals surface area contributed by atoms with Gasteiger partial charge in [0.2, 0.25) is 0 Å². The highest BCUT2D eigenvalue weighted by Crippen LogP contribution is 2.32. The van der Waals surface area contributed by atoms with Crippen LogP contribution < -0.4 is 10.6 Å². The highest BCUT2D eigenvalue weighted by Gasteiger charge is 2.12. The van der Waals surface area contributed by atoms with Crippen LogP contribution in [0.2, 0.25) is 0 Å². The third kappa shape index (κ3) is 1.88. The summed E-state index contributed by atoms with van der Waals surface area (Å²) in [6.45, 7) is 0.00245. The number of phenolic OH excluding ortho intramolecular Hbond substituents is 1. The Balaban J connectivity index is 3.11. The number of phenols is 1. The summed E-state index contributed by atoms with van der Waals surface area (Å²) >= 11 is 0. The fourth-order valence-corrected chi connectivity index (χ4v) is 0.988. The summed E-state index contributed by atoms with van der Waals surface area (Å²) in [6, 6.07) is 2.55. The molecule has 1 aromatic carbocycles. The number of ether oxygens (including phenoxy) is 1. The fourth-order valence-electron chi connectivity index (χ4n) is 0.988. The van der Waals surface area contributed by atoms with Crippen LogP contribution in [0.1, 0.15) is 5.56 Å². The van der Waals surface area contributed by atoms with E-state index in [9.17, 15) is 9.50 Å². The minimum absolute atomic E-state index is 0.00245. The van der Waals surface area contributed by atoms with Crippen molar-refractivity contribution in [1.29, 1.82) is 0 Å². The monoisotopic (exact) mass is 187 g/mol. The second-order valence-corrected chi connectivity index (χ2v) is 2.40. The van der Waals surface area contributed by atoms with E-state index in [0.29, 0.717) is 5.56 Å². The van der Waals surface area contributed by atoms with Crippen molar-refractivity contribution >= 4 is 0 Å². The highest BCUT2D eigenvalue weighted by atomic mass is 19.1. The number of methoxy groups -OCH3 is 1. The first-order chi connectivity index (χ1) is 6.20. The predicted octanol–water partition coefficient (Wildman–Crippen LogP) is 0.930. The van der Waals surface area contributed by atoms with Crippen molar-refractivity contribution in [3.63, 3.8) is 0 Å². The molecule has 0 aromatic heterocycles. The van der Waals surface area contributed by atoms with Crippen LogP contribution in [0.15, 0.2) is 12.1 Å². The van der Waals surface area contributed by atoms with E-state index in [1.165, 1.54) is 19.2 Å². The molecule has 0 aliphatic heterocycles. The molecule has 0 saturated carbocycles. The quantitative estimate of drug-likeness (QED) is 0.691. The summed E-state index contributed by atoms with van der Waals surface area (Å²) in [7, 11) is 1.27. The molecule has 0 bridgehead atoms. The van der Waals surface area contributed by atoms with E-state index in [2.05, 4.69) is 9.57 Å². The second-order valence-electron chi connectivity index (χ2n) is 2.40. The first-order valence-corrected chi connectivity index (χ1v) is 3.56. The molecule has 0 heterocycles. The van der Waals surface area contributed by atoms with Crippen LogP contribution in [0, 0.1) is 5.82 Å². The lowest BCUT2D eigenvalue weighted by molar-refractivity contribution is 0.121. The normalized spacial score (nSPS) is 10.1. The SMILES string of the molecule is COc1c(F)ccc(CON)c1O. The Kier molecular flexibility index (Phi) is 3.05. The van der Waals surface area contributed by atoms with Crippen LogP contribution >= 0.6 is 0 Å². The van der Waals surface area contributed by atoms with Gasteiger partial charge in [-0.2, -0.15) is 0 Å². The molecule has 0 aliphatic rings. The molecular weight excluding hydrogens is 177 g/mol. The molecule has 72 valence electrons. The molecule has 0 atom stereocenters. The highest BCUT2D eigenvalue weighted by molar-refractivity contribution is 5.46. The molecule has 13 heavy (non-hydrogen) atoms. The van der Waals surface area contributed by atoms with Gasteiger partial charge < -0.3 is 9.84 Å². The smallest absolute Gasteiger partial charge is 0.196 e. The largest absolute Gasteiger partial charge is 0.504 e. The van der Waals surface area contributed by atoms with Crippen molar-refractivity contribution in [2.75, 3.05) is 7.11 Å². The zero-order valence-corrected chi connectivity index (χ0v) is 7.08. The molecule has 1 aromatic rings. The Hall–Kier alpha value is -1.33. The number of benzene rings is 1. The van der Waals surface area contributed by atoms with Crippen LogP contribution in [0.25, 0.3) is 0 Å². The van der Waals surface area contributed by atoms with Crippen molar-refractivity contribution in [3.05, 3.63) is 23.5 Å². The van der Waals surface area contributed by atoms with Gasteiger partial charge in [0.05, 0.1) is 13.7 Å². The molecule has 4 nitrogen and oxygen atoms in total. The second kappa shape index (κ2) is 4.06. The lowest BCUT2D eigenvalue weighted by Crippen LogP contribution is -2.00. The van der Waals surface area contributed by atoms with Crippen molar-refractivity contribution in [2.45, 2.75) is 6.61 Å². The van der Waals surface area contributed by atoms with E-state index in [0.717, 1.165) is 0 Å². The number of halogens is 1. The van der Waals surface area contributed by atoms with Gasteiger partial charge >= 0.3 is 0 Å². The molecule has 0 radical (unpaired) electrons. The standard InChI is InChI=1S/C8H10FNO3/c1-12-8-6(9)3-2-5(4-13-10)7(8)11/h2-3,11H,4,10H2,1H3. The predicted molar refractivity (Wildman–Crippen MR) is 43.6 cm³/mol. The third-order valence-electron chi connectivity index (χ3n) is 1.61. The van der Waals surface area contributed by atoms with E-state index in [1.807, 2.05) is 0 Å². The summed E-state index contributed by atoms with van der Waals surface area (Å²) in [5.74, 6) is 3.71. The topological polar surface area (TPSA) is 64.7 Å². The molecule has 0 fully saturated rings. The molecule has 0 amide bonds. The number of hydrogen-bond donors (Lipinski definition) is 2. The van der Waals surface area contributed by atoms with Gasteiger partial charge in [0.25, 0.3) is 0 Å². The van der Waals surface area contributed by atoms with E-state index in [1.54, 1.807) is 0 Å². The van der Waals surface area contributed by atoms with Gasteiger partial charge in [-0.05, 0) is 12.1 Å². The number of rotatable bonds is 3. The van der Waals surface area contributed by atoms with E-state index < -0.39 is 5.82 Å². The average Bonchev–Trinajstić information content (AvgIpc) is 2.11. The van der Waals surface area contributed by atoms with Gasteiger partial charge in [-0.25, -0.2) is 10.3 Å². The maximum Gasteiger partial charge on any atom is 0.196 e. The van der Waals surface area contributed by atoms with Crippen molar-refractivity contribution in [2.24, 2.45) is 5.90 Å². The van der Waals surface area contributed by atoms with E-state index >= 15 is 0 Å². The molecule has 0 aliphatic carbocycles. The summed E-state index contributed by atoms with van der Waals surface area (Å²) in [5, 5.41) is 9.40. The Bertz CT molecular complexity index is 304. The number of aromatic hydroxyl groups is 1. The lowest BCUT2D eigenvalue weighted by atomic mass is 10.2. The maximum absolute atomic E-state index is 12.9. The van der Waals surface area contributed by atoms with Crippen LogP contribution in [0.5, 0.6) is 11.5 Å². The van der Waals surface area contributed by atoms with Crippen LogP contribution in [0.4, 0.5) is 4.39 Å². The van der Waals surface area contributed by atoms with E-state index in [4.69, 9.17) is 5.90 Å². The van der Waals surface area contributed by atoms with Crippen molar-refractivity contribution in [1.82, 2.24) is 0 Å². The fraction of sp³-hybridized carbons (Fsp3) is 0.250. The lowest BCUT2D eigenvalue weighted by Gasteiger charge is -2.08. The summed E-state index contributed by atoms with van der Waals surface area (Å²) in [6.07, 6.45) is 0. The zero-order chi connectivity index (χ0) is 9.84. The zero-order valence-electron chi connectivity index (χ0n) is 7.08. The molecular formula is C8H10FNO3. The third-order valence-corrected chi connectivity index (χ3v) is 1.61. The number of hydrogen-bond acceptors (Lipinski definition) is 4. The minimum Gasteiger partial charge on any atom is -0.504 e. The molecule has 3 N–H and O–H groups in total.